The zero-order chi connectivity index (χ0) is 33.8. The Hall–Kier alpha value is -7.53. The SMILES string of the molecule is N#Cc1cc(C#N)c(-n2c3ccccc3c3cc4c5ccccc5n(-c5nc(-c6ccccc6)cc(-c6ccccc6)n5)c4cc32)c(C#N)c1. The lowest BCUT2D eigenvalue weighted by Gasteiger charge is -2.13. The van der Waals surface area contributed by atoms with Gasteiger partial charge in [-0.05, 0) is 42.5 Å². The van der Waals surface area contributed by atoms with E-state index in [-0.39, 0.29) is 16.7 Å². The Kier molecular flexibility index (Phi) is 6.49. The van der Waals surface area contributed by atoms with Crippen LogP contribution in [-0.2, 0) is 0 Å². The molecule has 0 bridgehead atoms. The van der Waals surface area contributed by atoms with E-state index in [9.17, 15) is 15.8 Å². The highest BCUT2D eigenvalue weighted by atomic mass is 15.2. The number of benzene rings is 6. The van der Waals surface area contributed by atoms with Crippen molar-refractivity contribution in [1.82, 2.24) is 19.1 Å². The van der Waals surface area contributed by atoms with Crippen molar-refractivity contribution >= 4 is 43.6 Å². The van der Waals surface area contributed by atoms with Crippen molar-refractivity contribution in [2.75, 3.05) is 0 Å². The maximum atomic E-state index is 10.3. The monoisotopic (exact) mass is 637 g/mol. The minimum atomic E-state index is 0.246. The number of hydrogen-bond donors (Lipinski definition) is 0. The highest BCUT2D eigenvalue weighted by Gasteiger charge is 2.23. The highest BCUT2D eigenvalue weighted by Crippen LogP contribution is 2.40. The Balaban J connectivity index is 1.43. The maximum absolute atomic E-state index is 10.3. The largest absolute Gasteiger partial charge is 0.307 e. The van der Waals surface area contributed by atoms with Crippen LogP contribution in [0.2, 0.25) is 0 Å². The van der Waals surface area contributed by atoms with Gasteiger partial charge in [0, 0.05) is 32.7 Å². The zero-order valence-corrected chi connectivity index (χ0v) is 26.4. The Morgan fingerprint density at radius 3 is 1.42 bits per heavy atom. The molecule has 9 rings (SSSR count). The average Bonchev–Trinajstić information content (AvgIpc) is 3.68. The van der Waals surface area contributed by atoms with Gasteiger partial charge >= 0.3 is 0 Å². The van der Waals surface area contributed by atoms with Crippen molar-refractivity contribution in [1.29, 1.82) is 15.8 Å². The second-order valence-electron chi connectivity index (χ2n) is 12.0. The summed E-state index contributed by atoms with van der Waals surface area (Å²) in [6.07, 6.45) is 0. The van der Waals surface area contributed by atoms with Gasteiger partial charge < -0.3 is 4.57 Å². The number of nitrogens with zero attached hydrogens (tertiary/aromatic N) is 7. The third-order valence-corrected chi connectivity index (χ3v) is 9.22. The minimum Gasteiger partial charge on any atom is -0.307 e. The molecule has 0 aliphatic rings. The standard InChI is InChI=1S/C43H23N7/c44-24-27-19-30(25-45)42(31(20-27)26-46)49-38-17-9-7-15-32(38)34-21-35-33-16-8-10-18-39(33)50(41(35)23-40(34)49)43-47-36(28-11-3-1-4-12-28)22-37(48-43)29-13-5-2-6-14-29/h1-23H. The Labute approximate surface area is 286 Å². The Bertz CT molecular complexity index is 2860. The smallest absolute Gasteiger partial charge is 0.235 e. The third kappa shape index (κ3) is 4.34. The predicted octanol–water partition coefficient (Wildman–Crippen LogP) is 9.62. The lowest BCUT2D eigenvalue weighted by Crippen LogP contribution is -2.04. The second kappa shape index (κ2) is 11.3. The second-order valence-corrected chi connectivity index (χ2v) is 12.0. The van der Waals surface area contributed by atoms with Gasteiger partial charge in [0.15, 0.2) is 0 Å². The first-order valence-electron chi connectivity index (χ1n) is 16.0. The van der Waals surface area contributed by atoms with Crippen molar-refractivity contribution in [2.45, 2.75) is 0 Å². The molecule has 0 N–H and O–H groups in total. The third-order valence-electron chi connectivity index (χ3n) is 9.22. The van der Waals surface area contributed by atoms with Crippen LogP contribution in [0.4, 0.5) is 0 Å². The van der Waals surface area contributed by atoms with E-state index in [0.29, 0.717) is 11.6 Å². The van der Waals surface area contributed by atoms with Crippen LogP contribution in [0, 0.1) is 34.0 Å². The molecular formula is C43H23N7. The summed E-state index contributed by atoms with van der Waals surface area (Å²) in [6.45, 7) is 0. The molecule has 0 aliphatic heterocycles. The first kappa shape index (κ1) is 28.7. The maximum Gasteiger partial charge on any atom is 0.235 e. The van der Waals surface area contributed by atoms with E-state index in [0.717, 1.165) is 66.1 Å². The van der Waals surface area contributed by atoms with E-state index in [4.69, 9.17) is 9.97 Å². The summed E-state index contributed by atoms with van der Waals surface area (Å²) < 4.78 is 4.07. The first-order valence-corrected chi connectivity index (χ1v) is 16.0. The summed E-state index contributed by atoms with van der Waals surface area (Å²) in [7, 11) is 0. The molecule has 3 heterocycles. The van der Waals surface area contributed by atoms with Crippen LogP contribution in [-0.4, -0.2) is 19.1 Å². The molecule has 9 aromatic rings. The summed E-state index contributed by atoms with van der Waals surface area (Å²) in [5.41, 5.74) is 8.21. The summed E-state index contributed by atoms with van der Waals surface area (Å²) in [4.78, 5) is 10.4. The molecule has 0 radical (unpaired) electrons. The molecule has 0 fully saturated rings. The molecular weight excluding hydrogens is 615 g/mol. The van der Waals surface area contributed by atoms with E-state index in [2.05, 4.69) is 53.1 Å². The van der Waals surface area contributed by atoms with Crippen molar-refractivity contribution in [3.63, 3.8) is 0 Å². The van der Waals surface area contributed by atoms with E-state index < -0.39 is 0 Å². The molecule has 0 aliphatic carbocycles. The molecule has 0 amide bonds. The molecule has 0 unspecified atom stereocenters. The van der Waals surface area contributed by atoms with Gasteiger partial charge in [0.1, 0.15) is 12.1 Å². The van der Waals surface area contributed by atoms with Crippen LogP contribution >= 0.6 is 0 Å². The van der Waals surface area contributed by atoms with Gasteiger partial charge in [-0.25, -0.2) is 9.97 Å². The fraction of sp³-hybridized carbons (Fsp3) is 0. The number of fused-ring (bicyclic) bond motifs is 6. The molecule has 0 saturated heterocycles. The summed E-state index contributed by atoms with van der Waals surface area (Å²) in [5, 5.41) is 34.3. The molecule has 230 valence electrons. The molecule has 7 nitrogen and oxygen atoms in total. The van der Waals surface area contributed by atoms with E-state index >= 15 is 0 Å². The molecule has 0 saturated carbocycles. The lowest BCUT2D eigenvalue weighted by molar-refractivity contribution is 0.995. The summed E-state index contributed by atoms with van der Waals surface area (Å²) in [5.74, 6) is 0.521. The van der Waals surface area contributed by atoms with Gasteiger partial charge in [0.05, 0.1) is 61.9 Å². The van der Waals surface area contributed by atoms with Gasteiger partial charge in [0.25, 0.3) is 0 Å². The van der Waals surface area contributed by atoms with Crippen LogP contribution < -0.4 is 0 Å². The number of hydrogen-bond acceptors (Lipinski definition) is 5. The van der Waals surface area contributed by atoms with Crippen LogP contribution in [0.5, 0.6) is 0 Å². The van der Waals surface area contributed by atoms with Gasteiger partial charge in [-0.15, -0.1) is 0 Å². The highest BCUT2D eigenvalue weighted by molar-refractivity contribution is 6.19. The van der Waals surface area contributed by atoms with Gasteiger partial charge in [0.2, 0.25) is 5.95 Å². The molecule has 7 heteroatoms. The number of rotatable bonds is 4. The quantitative estimate of drug-likeness (QED) is 0.191. The van der Waals surface area contributed by atoms with Crippen molar-refractivity contribution in [3.05, 3.63) is 156 Å². The van der Waals surface area contributed by atoms with Crippen LogP contribution in [0.3, 0.4) is 0 Å². The predicted molar refractivity (Wildman–Crippen MR) is 196 cm³/mol. The van der Waals surface area contributed by atoms with E-state index in [1.165, 1.54) is 0 Å². The number of nitriles is 3. The molecule has 6 aromatic carbocycles. The lowest BCUT2D eigenvalue weighted by atomic mass is 10.0. The first-order chi connectivity index (χ1) is 24.7. The topological polar surface area (TPSA) is 107 Å². The van der Waals surface area contributed by atoms with Crippen LogP contribution in [0.25, 0.3) is 77.8 Å². The Morgan fingerprint density at radius 1 is 0.420 bits per heavy atom. The van der Waals surface area contributed by atoms with Gasteiger partial charge in [-0.3, -0.25) is 4.57 Å². The zero-order valence-electron chi connectivity index (χ0n) is 26.4. The number of aromatic nitrogens is 4. The fourth-order valence-electron chi connectivity index (χ4n) is 7.05. The van der Waals surface area contributed by atoms with Crippen molar-refractivity contribution in [3.8, 4) is 52.4 Å². The van der Waals surface area contributed by atoms with Gasteiger partial charge in [-0.1, -0.05) is 97.1 Å². The Morgan fingerprint density at radius 2 is 0.900 bits per heavy atom. The number of para-hydroxylation sites is 2. The molecule has 50 heavy (non-hydrogen) atoms. The molecule has 0 atom stereocenters. The normalized spacial score (nSPS) is 11.1. The van der Waals surface area contributed by atoms with E-state index in [1.807, 2.05) is 102 Å². The summed E-state index contributed by atoms with van der Waals surface area (Å²) >= 11 is 0. The molecule has 0 spiro atoms. The van der Waals surface area contributed by atoms with Crippen molar-refractivity contribution in [2.24, 2.45) is 0 Å². The minimum absolute atomic E-state index is 0.246. The van der Waals surface area contributed by atoms with Crippen molar-refractivity contribution < 1.29 is 0 Å². The summed E-state index contributed by atoms with van der Waals surface area (Å²) in [6, 6.07) is 52.4. The average molecular weight is 638 g/mol. The van der Waals surface area contributed by atoms with E-state index in [1.54, 1.807) is 12.1 Å². The fourth-order valence-corrected chi connectivity index (χ4v) is 7.05. The van der Waals surface area contributed by atoms with Gasteiger partial charge in [-0.2, -0.15) is 15.8 Å². The molecule has 3 aromatic heterocycles. The van der Waals surface area contributed by atoms with Crippen LogP contribution in [0.15, 0.2) is 140 Å². The van der Waals surface area contributed by atoms with Crippen LogP contribution in [0.1, 0.15) is 16.7 Å².